The van der Waals surface area contributed by atoms with E-state index >= 15 is 0 Å². The number of nitrogens with one attached hydrogen (secondary N) is 1. The van der Waals surface area contributed by atoms with Crippen LogP contribution in [-0.2, 0) is 6.54 Å². The van der Waals surface area contributed by atoms with Crippen LogP contribution in [0.15, 0.2) is 0 Å². The number of hydrogen-bond acceptors (Lipinski definition) is 3. The molecule has 0 radical (unpaired) electrons. The third kappa shape index (κ3) is 2.76. The lowest BCUT2D eigenvalue weighted by Crippen LogP contribution is -2.45. The predicted octanol–water partition coefficient (Wildman–Crippen LogP) is 2.80. The van der Waals surface area contributed by atoms with Gasteiger partial charge in [-0.15, -0.1) is 0 Å². The van der Waals surface area contributed by atoms with Crippen LogP contribution in [0.1, 0.15) is 62.5 Å². The molecule has 0 bridgehead atoms. The molecule has 2 aliphatic heterocycles. The Balaban J connectivity index is 1.72. The van der Waals surface area contributed by atoms with E-state index in [0.717, 1.165) is 12.6 Å². The lowest BCUT2D eigenvalue weighted by Gasteiger charge is -2.34. The van der Waals surface area contributed by atoms with Gasteiger partial charge in [0.1, 0.15) is 0 Å². The van der Waals surface area contributed by atoms with Gasteiger partial charge in [0.05, 0.1) is 5.69 Å². The third-order valence-electron chi connectivity index (χ3n) is 5.49. The Morgan fingerprint density at radius 2 is 2.05 bits per heavy atom. The number of rotatable bonds is 4. The molecule has 1 N–H and O–H groups in total. The molecular weight excluding hydrogens is 260 g/mol. The van der Waals surface area contributed by atoms with Gasteiger partial charge >= 0.3 is 0 Å². The first-order valence-electron chi connectivity index (χ1n) is 8.65. The third-order valence-corrected chi connectivity index (χ3v) is 5.49. The predicted molar refractivity (Wildman–Crippen MR) is 86.5 cm³/mol. The van der Waals surface area contributed by atoms with Crippen molar-refractivity contribution in [1.82, 2.24) is 20.0 Å². The van der Waals surface area contributed by atoms with E-state index in [0.29, 0.717) is 12.1 Å². The molecule has 3 atom stereocenters. The Hall–Kier alpha value is -0.870. The molecule has 2 saturated heterocycles. The average molecular weight is 290 g/mol. The van der Waals surface area contributed by atoms with Crippen LogP contribution in [0.2, 0.25) is 0 Å². The van der Waals surface area contributed by atoms with Gasteiger partial charge in [0.2, 0.25) is 0 Å². The van der Waals surface area contributed by atoms with Gasteiger partial charge in [0.25, 0.3) is 0 Å². The molecule has 0 spiro atoms. The lowest BCUT2D eigenvalue weighted by molar-refractivity contribution is 0.177. The second kappa shape index (κ2) is 6.09. The molecular formula is C17H30N4. The second-order valence-corrected chi connectivity index (χ2v) is 6.78. The standard InChI is InChI=1S/C17H30N4/c1-5-21-14(4)17(13(3)19-21)12(2)18-15-9-11-20-10-7-6-8-16(15)20/h12,15-16,18H,5-11H2,1-4H3. The first kappa shape index (κ1) is 15.0. The molecule has 3 heterocycles. The minimum absolute atomic E-state index is 0.400. The summed E-state index contributed by atoms with van der Waals surface area (Å²) in [4.78, 5) is 2.70. The second-order valence-electron chi connectivity index (χ2n) is 6.78. The van der Waals surface area contributed by atoms with E-state index in [2.05, 4.69) is 47.7 Å². The van der Waals surface area contributed by atoms with Crippen LogP contribution >= 0.6 is 0 Å². The largest absolute Gasteiger partial charge is 0.306 e. The number of aryl methyl sites for hydroxylation is 2. The number of nitrogens with zero attached hydrogens (tertiary/aromatic N) is 3. The Morgan fingerprint density at radius 3 is 2.76 bits per heavy atom. The van der Waals surface area contributed by atoms with Crippen molar-refractivity contribution in [3.63, 3.8) is 0 Å². The fourth-order valence-electron chi connectivity index (χ4n) is 4.49. The number of fused-ring (bicyclic) bond motifs is 1. The molecule has 1 aromatic rings. The van der Waals surface area contributed by atoms with Gasteiger partial charge in [-0.3, -0.25) is 9.58 Å². The van der Waals surface area contributed by atoms with Crippen LogP contribution < -0.4 is 5.32 Å². The smallest absolute Gasteiger partial charge is 0.0644 e. The first-order valence-corrected chi connectivity index (χ1v) is 8.65. The monoisotopic (exact) mass is 290 g/mol. The number of piperidine rings is 1. The summed E-state index contributed by atoms with van der Waals surface area (Å²) >= 11 is 0. The summed E-state index contributed by atoms with van der Waals surface area (Å²) in [7, 11) is 0. The highest BCUT2D eigenvalue weighted by Gasteiger charge is 2.36. The SMILES string of the molecule is CCn1nc(C)c(C(C)NC2CCN3CCCCC23)c1C. The van der Waals surface area contributed by atoms with E-state index in [1.807, 2.05) is 0 Å². The van der Waals surface area contributed by atoms with Crippen molar-refractivity contribution in [2.45, 2.75) is 78.0 Å². The maximum atomic E-state index is 4.67. The summed E-state index contributed by atoms with van der Waals surface area (Å²) in [5.74, 6) is 0. The summed E-state index contributed by atoms with van der Waals surface area (Å²) in [6.45, 7) is 12.4. The minimum Gasteiger partial charge on any atom is -0.306 e. The van der Waals surface area contributed by atoms with E-state index in [1.54, 1.807) is 0 Å². The van der Waals surface area contributed by atoms with Crippen LogP contribution in [0.25, 0.3) is 0 Å². The zero-order valence-electron chi connectivity index (χ0n) is 14.0. The normalized spacial score (nSPS) is 27.8. The molecule has 118 valence electrons. The van der Waals surface area contributed by atoms with Gasteiger partial charge in [-0.25, -0.2) is 0 Å². The van der Waals surface area contributed by atoms with E-state index in [4.69, 9.17) is 0 Å². The average Bonchev–Trinajstić information content (AvgIpc) is 3.00. The van der Waals surface area contributed by atoms with Crippen molar-refractivity contribution in [1.29, 1.82) is 0 Å². The molecule has 21 heavy (non-hydrogen) atoms. The molecule has 0 aliphatic carbocycles. The van der Waals surface area contributed by atoms with Gasteiger partial charge in [0, 0.05) is 42.5 Å². The molecule has 4 heteroatoms. The van der Waals surface area contributed by atoms with Gasteiger partial charge in [-0.05, 0) is 53.5 Å². The van der Waals surface area contributed by atoms with Crippen LogP contribution in [-0.4, -0.2) is 39.9 Å². The van der Waals surface area contributed by atoms with Crippen LogP contribution in [0.4, 0.5) is 0 Å². The van der Waals surface area contributed by atoms with Crippen molar-refractivity contribution < 1.29 is 0 Å². The Kier molecular flexibility index (Phi) is 4.36. The molecule has 1 aromatic heterocycles. The Bertz CT molecular complexity index is 493. The van der Waals surface area contributed by atoms with E-state index in [9.17, 15) is 0 Å². The molecule has 0 aromatic carbocycles. The molecule has 3 unspecified atom stereocenters. The fraction of sp³-hybridized carbons (Fsp3) is 0.824. The maximum Gasteiger partial charge on any atom is 0.0644 e. The summed E-state index contributed by atoms with van der Waals surface area (Å²) in [6.07, 6.45) is 5.46. The molecule has 2 aliphatic rings. The van der Waals surface area contributed by atoms with E-state index in [-0.39, 0.29) is 0 Å². The van der Waals surface area contributed by atoms with Gasteiger partial charge < -0.3 is 5.32 Å². The highest BCUT2D eigenvalue weighted by Crippen LogP contribution is 2.30. The summed E-state index contributed by atoms with van der Waals surface area (Å²) in [5.41, 5.74) is 3.92. The highest BCUT2D eigenvalue weighted by atomic mass is 15.3. The van der Waals surface area contributed by atoms with Crippen LogP contribution in [0, 0.1) is 13.8 Å². The quantitative estimate of drug-likeness (QED) is 0.925. The van der Waals surface area contributed by atoms with E-state index < -0.39 is 0 Å². The first-order chi connectivity index (χ1) is 10.1. The summed E-state index contributed by atoms with van der Waals surface area (Å²) in [5, 5.41) is 8.59. The van der Waals surface area contributed by atoms with Crippen molar-refractivity contribution in [2.75, 3.05) is 13.1 Å². The molecule has 4 nitrogen and oxygen atoms in total. The summed E-state index contributed by atoms with van der Waals surface area (Å²) in [6, 6.07) is 1.82. The topological polar surface area (TPSA) is 33.1 Å². The number of hydrogen-bond donors (Lipinski definition) is 1. The molecule has 0 saturated carbocycles. The number of aromatic nitrogens is 2. The zero-order valence-corrected chi connectivity index (χ0v) is 14.0. The lowest BCUT2D eigenvalue weighted by atomic mass is 9.97. The van der Waals surface area contributed by atoms with Crippen molar-refractivity contribution in [2.24, 2.45) is 0 Å². The molecule has 3 rings (SSSR count). The van der Waals surface area contributed by atoms with Crippen molar-refractivity contribution in [3.8, 4) is 0 Å². The fourth-order valence-corrected chi connectivity index (χ4v) is 4.49. The Labute approximate surface area is 128 Å². The molecule has 0 amide bonds. The maximum absolute atomic E-state index is 4.67. The van der Waals surface area contributed by atoms with Crippen LogP contribution in [0.3, 0.4) is 0 Å². The highest BCUT2D eigenvalue weighted by molar-refractivity contribution is 5.28. The summed E-state index contributed by atoms with van der Waals surface area (Å²) < 4.78 is 2.13. The van der Waals surface area contributed by atoms with Crippen molar-refractivity contribution >= 4 is 0 Å². The van der Waals surface area contributed by atoms with Gasteiger partial charge in [-0.1, -0.05) is 6.42 Å². The zero-order chi connectivity index (χ0) is 15.0. The Morgan fingerprint density at radius 1 is 1.24 bits per heavy atom. The minimum atomic E-state index is 0.400. The van der Waals surface area contributed by atoms with E-state index in [1.165, 1.54) is 55.7 Å². The van der Waals surface area contributed by atoms with Crippen LogP contribution in [0.5, 0.6) is 0 Å². The van der Waals surface area contributed by atoms with Crippen molar-refractivity contribution in [3.05, 3.63) is 17.0 Å². The molecule has 2 fully saturated rings. The van der Waals surface area contributed by atoms with Gasteiger partial charge in [0.15, 0.2) is 0 Å². The van der Waals surface area contributed by atoms with Gasteiger partial charge in [-0.2, -0.15) is 5.10 Å².